The van der Waals surface area contributed by atoms with Crippen molar-refractivity contribution >= 4 is 34.6 Å². The van der Waals surface area contributed by atoms with E-state index < -0.39 is 0 Å². The number of allylic oxidation sites excluding steroid dienone is 2. The molecule has 122 valence electrons. The maximum atomic E-state index is 11.1. The lowest BCUT2D eigenvalue weighted by molar-refractivity contribution is -0.384. The molecule has 0 saturated carbocycles. The summed E-state index contributed by atoms with van der Waals surface area (Å²) in [4.78, 5) is 10.7. The van der Waals surface area contributed by atoms with Crippen LogP contribution in [0.4, 0.5) is 11.4 Å². The summed E-state index contributed by atoms with van der Waals surface area (Å²) >= 11 is 12.6. The van der Waals surface area contributed by atoms with E-state index >= 15 is 0 Å². The molecule has 0 unspecified atom stereocenters. The van der Waals surface area contributed by atoms with Crippen LogP contribution in [0, 0.1) is 16.0 Å². The van der Waals surface area contributed by atoms with Gasteiger partial charge in [0.15, 0.2) is 0 Å². The van der Waals surface area contributed by atoms with E-state index in [0.717, 1.165) is 23.2 Å². The number of non-ortho nitro benzene ring substituents is 1. The predicted molar refractivity (Wildman–Crippen MR) is 95.9 cm³/mol. The zero-order valence-corrected chi connectivity index (χ0v) is 14.1. The lowest BCUT2D eigenvalue weighted by atomic mass is 9.77. The highest BCUT2D eigenvalue weighted by molar-refractivity contribution is 6.42. The molecule has 1 aliphatic heterocycles. The number of rotatable bonds is 2. The minimum Gasteiger partial charge on any atom is -0.378 e. The van der Waals surface area contributed by atoms with Crippen LogP contribution < -0.4 is 5.32 Å². The van der Waals surface area contributed by atoms with Gasteiger partial charge < -0.3 is 5.32 Å². The van der Waals surface area contributed by atoms with Gasteiger partial charge in [0, 0.05) is 23.7 Å². The molecule has 0 radical (unpaired) electrons. The predicted octanol–water partition coefficient (Wildman–Crippen LogP) is 5.73. The Bertz CT molecular complexity index is 866. The summed E-state index contributed by atoms with van der Waals surface area (Å²) in [6.07, 6.45) is 5.17. The Morgan fingerprint density at radius 1 is 1.17 bits per heavy atom. The standard InChI is InChI=1S/C18H14Cl2N2O2/c19-15-6-2-5-13(17(15)20)18-12-4-1-3-11(12)14-9-10(22(23)24)7-8-16(14)21-18/h1-3,5-9,11-12,18,21H,4H2/t11-,12-,18-/m1/s1. The highest BCUT2D eigenvalue weighted by atomic mass is 35.5. The molecule has 4 nitrogen and oxygen atoms in total. The van der Waals surface area contributed by atoms with Crippen molar-refractivity contribution in [2.24, 2.45) is 5.92 Å². The molecule has 3 atom stereocenters. The lowest BCUT2D eigenvalue weighted by Crippen LogP contribution is -2.29. The van der Waals surface area contributed by atoms with Gasteiger partial charge in [-0.05, 0) is 35.6 Å². The Kier molecular flexibility index (Phi) is 3.74. The van der Waals surface area contributed by atoms with Crippen LogP contribution >= 0.6 is 23.2 Å². The minimum absolute atomic E-state index is 0.0187. The van der Waals surface area contributed by atoms with Crippen LogP contribution in [-0.4, -0.2) is 4.92 Å². The van der Waals surface area contributed by atoms with Crippen molar-refractivity contribution in [3.63, 3.8) is 0 Å². The Hall–Kier alpha value is -2.04. The van der Waals surface area contributed by atoms with E-state index in [-0.39, 0.29) is 28.5 Å². The summed E-state index contributed by atoms with van der Waals surface area (Å²) in [6.45, 7) is 0. The Morgan fingerprint density at radius 3 is 2.79 bits per heavy atom. The van der Waals surface area contributed by atoms with Gasteiger partial charge in [0.05, 0.1) is 21.0 Å². The van der Waals surface area contributed by atoms with E-state index in [4.69, 9.17) is 23.2 Å². The fourth-order valence-electron chi connectivity index (χ4n) is 3.76. The number of benzene rings is 2. The maximum Gasteiger partial charge on any atom is 0.269 e. The lowest BCUT2D eigenvalue weighted by Gasteiger charge is -2.37. The Labute approximate surface area is 149 Å². The Morgan fingerprint density at radius 2 is 2.00 bits per heavy atom. The largest absolute Gasteiger partial charge is 0.378 e. The van der Waals surface area contributed by atoms with E-state index in [9.17, 15) is 10.1 Å². The van der Waals surface area contributed by atoms with Gasteiger partial charge in [0.2, 0.25) is 0 Å². The summed E-state index contributed by atoms with van der Waals surface area (Å²) < 4.78 is 0. The van der Waals surface area contributed by atoms with Gasteiger partial charge in [0.1, 0.15) is 0 Å². The molecular formula is C18H14Cl2N2O2. The smallest absolute Gasteiger partial charge is 0.269 e. The molecule has 24 heavy (non-hydrogen) atoms. The molecule has 0 bridgehead atoms. The molecule has 0 aromatic heterocycles. The number of halogens is 2. The molecule has 1 aliphatic carbocycles. The van der Waals surface area contributed by atoms with Crippen molar-refractivity contribution in [3.8, 4) is 0 Å². The average molecular weight is 361 g/mol. The van der Waals surface area contributed by atoms with Crippen LogP contribution in [0.2, 0.25) is 10.0 Å². The zero-order chi connectivity index (χ0) is 16.8. The first-order chi connectivity index (χ1) is 11.6. The fourth-order valence-corrected chi connectivity index (χ4v) is 4.19. The van der Waals surface area contributed by atoms with Crippen LogP contribution in [-0.2, 0) is 0 Å². The summed E-state index contributed by atoms with van der Waals surface area (Å²) in [5, 5.41) is 15.7. The van der Waals surface area contributed by atoms with Crippen molar-refractivity contribution in [3.05, 3.63) is 79.8 Å². The van der Waals surface area contributed by atoms with Gasteiger partial charge in [0.25, 0.3) is 5.69 Å². The van der Waals surface area contributed by atoms with Crippen LogP contribution in [0.15, 0.2) is 48.6 Å². The zero-order valence-electron chi connectivity index (χ0n) is 12.6. The SMILES string of the molecule is O=[N+]([O-])c1ccc2c(c1)[C@@H]1C=CC[C@H]1[C@H](c1cccc(Cl)c1Cl)N2. The fraction of sp³-hybridized carbons (Fsp3) is 0.222. The first-order valence-corrected chi connectivity index (χ1v) is 8.47. The van der Waals surface area contributed by atoms with Gasteiger partial charge in [-0.3, -0.25) is 10.1 Å². The summed E-state index contributed by atoms with van der Waals surface area (Å²) in [6, 6.07) is 10.7. The number of nitrogens with zero attached hydrogens (tertiary/aromatic N) is 1. The van der Waals surface area contributed by atoms with E-state index in [0.29, 0.717) is 10.0 Å². The second-order valence-corrected chi connectivity index (χ2v) is 6.93. The first-order valence-electron chi connectivity index (χ1n) is 7.71. The van der Waals surface area contributed by atoms with Crippen molar-refractivity contribution < 1.29 is 4.92 Å². The number of hydrogen-bond acceptors (Lipinski definition) is 3. The second kappa shape index (κ2) is 5.80. The molecule has 4 rings (SSSR count). The molecule has 0 spiro atoms. The number of anilines is 1. The van der Waals surface area contributed by atoms with Crippen molar-refractivity contribution in [2.45, 2.75) is 18.4 Å². The molecule has 0 amide bonds. The molecule has 0 saturated heterocycles. The van der Waals surface area contributed by atoms with Crippen molar-refractivity contribution in [2.75, 3.05) is 5.32 Å². The Balaban J connectivity index is 1.81. The third kappa shape index (κ3) is 2.38. The maximum absolute atomic E-state index is 11.1. The quantitative estimate of drug-likeness (QED) is 0.422. The normalized spacial score (nSPS) is 24.2. The summed E-state index contributed by atoms with van der Waals surface area (Å²) in [5.41, 5.74) is 2.97. The second-order valence-electron chi connectivity index (χ2n) is 6.15. The van der Waals surface area contributed by atoms with Gasteiger partial charge in [-0.25, -0.2) is 0 Å². The third-order valence-electron chi connectivity index (χ3n) is 4.87. The van der Waals surface area contributed by atoms with E-state index in [1.165, 1.54) is 6.07 Å². The highest BCUT2D eigenvalue weighted by Gasteiger charge is 2.39. The van der Waals surface area contributed by atoms with Crippen LogP contribution in [0.3, 0.4) is 0 Å². The summed E-state index contributed by atoms with van der Waals surface area (Å²) in [5.74, 6) is 0.400. The van der Waals surface area contributed by atoms with Crippen molar-refractivity contribution in [1.82, 2.24) is 0 Å². The minimum atomic E-state index is -0.353. The molecule has 1 N–H and O–H groups in total. The number of hydrogen-bond donors (Lipinski definition) is 1. The number of fused-ring (bicyclic) bond motifs is 3. The molecule has 6 heteroatoms. The van der Waals surface area contributed by atoms with Gasteiger partial charge in [-0.1, -0.05) is 47.5 Å². The summed E-state index contributed by atoms with van der Waals surface area (Å²) in [7, 11) is 0. The molecular weight excluding hydrogens is 347 g/mol. The van der Waals surface area contributed by atoms with Crippen molar-refractivity contribution in [1.29, 1.82) is 0 Å². The molecule has 0 fully saturated rings. The van der Waals surface area contributed by atoms with Crippen LogP contribution in [0.25, 0.3) is 0 Å². The molecule has 2 aromatic carbocycles. The van der Waals surface area contributed by atoms with Crippen LogP contribution in [0.5, 0.6) is 0 Å². The number of nitro benzene ring substituents is 1. The van der Waals surface area contributed by atoms with Gasteiger partial charge >= 0.3 is 0 Å². The van der Waals surface area contributed by atoms with E-state index in [1.807, 2.05) is 12.1 Å². The number of nitro groups is 1. The molecule has 1 heterocycles. The average Bonchev–Trinajstić information content (AvgIpc) is 3.06. The van der Waals surface area contributed by atoms with Gasteiger partial charge in [-0.2, -0.15) is 0 Å². The van der Waals surface area contributed by atoms with Gasteiger partial charge in [-0.15, -0.1) is 0 Å². The topological polar surface area (TPSA) is 55.2 Å². The molecule has 2 aromatic rings. The van der Waals surface area contributed by atoms with Crippen LogP contribution in [0.1, 0.15) is 29.5 Å². The first kappa shape index (κ1) is 15.5. The highest BCUT2D eigenvalue weighted by Crippen LogP contribution is 2.51. The molecule has 2 aliphatic rings. The monoisotopic (exact) mass is 360 g/mol. The number of nitrogens with one attached hydrogen (secondary N) is 1. The van der Waals surface area contributed by atoms with E-state index in [1.54, 1.807) is 18.2 Å². The van der Waals surface area contributed by atoms with E-state index in [2.05, 4.69) is 17.5 Å². The third-order valence-corrected chi connectivity index (χ3v) is 5.71.